The molecule has 2 fully saturated rings. The van der Waals surface area contributed by atoms with Gasteiger partial charge in [-0.2, -0.15) is 4.98 Å². The van der Waals surface area contributed by atoms with Crippen LogP contribution in [0.4, 0.5) is 11.8 Å². The molecule has 2 aliphatic rings. The number of nitrogen functional groups attached to an aromatic ring is 2. The van der Waals surface area contributed by atoms with E-state index in [2.05, 4.69) is 29.4 Å². The van der Waals surface area contributed by atoms with Gasteiger partial charge in [0.1, 0.15) is 41.4 Å². The SMILES string of the molecule is Nc1nc2c(ncn2[C@@H]2O[C@H](OP(=O)(O)O)[C@H](O)C2OP(=O)(O)OC[C@H]2O[C@@H](n3c(=O)sc4c(N)ncnc43)C[C@@H]2O)c(=O)[nH]1. The van der Waals surface area contributed by atoms with E-state index in [0.717, 1.165) is 33.1 Å². The first-order valence-electron chi connectivity index (χ1n) is 12.5. The lowest BCUT2D eigenvalue weighted by molar-refractivity contribution is -0.134. The number of H-pyrrole nitrogens is 1. The standard InChI is InChI=1S/C19H23N9O14P2S/c20-12-11-14(23-3-22-12)28(19(32)45-11)7-1-5(29)6(39-7)2-38-44(36,37)41-10-9(30)17(42-43(33,34)35)40-16(10)27-4-24-8-13(27)25-18(21)26-15(8)31/h3-7,9-10,16-17,29-30H,1-2H2,(H,36,37)(H2,20,22,23)(H2,33,34,35)(H3,21,25,26,31)/t5-,6+,7+,9+,10?,16+,17+/m0/s1. The Morgan fingerprint density at radius 1 is 1.09 bits per heavy atom. The van der Waals surface area contributed by atoms with E-state index in [1.807, 2.05) is 0 Å². The number of nitrogens with two attached hydrogens (primary N) is 2. The van der Waals surface area contributed by atoms with Crippen molar-refractivity contribution in [2.24, 2.45) is 0 Å². The fourth-order valence-electron chi connectivity index (χ4n) is 4.81. The molecule has 23 nitrogen and oxygen atoms in total. The van der Waals surface area contributed by atoms with E-state index in [4.69, 9.17) is 30.0 Å². The molecule has 6 rings (SSSR count). The first kappa shape index (κ1) is 31.7. The van der Waals surface area contributed by atoms with Crippen molar-refractivity contribution >= 4 is 60.3 Å². The highest BCUT2D eigenvalue weighted by molar-refractivity contribution is 7.47. The van der Waals surface area contributed by atoms with E-state index < -0.39 is 75.8 Å². The summed E-state index contributed by atoms with van der Waals surface area (Å²) in [6, 6.07) is 0. The van der Waals surface area contributed by atoms with Gasteiger partial charge in [0.05, 0.1) is 19.0 Å². The summed E-state index contributed by atoms with van der Waals surface area (Å²) >= 11 is 0.763. The molecule has 10 N–H and O–H groups in total. The quantitative estimate of drug-likeness (QED) is 0.0848. The Morgan fingerprint density at radius 3 is 2.58 bits per heavy atom. The number of hydrogen-bond acceptors (Lipinski definition) is 18. The van der Waals surface area contributed by atoms with Gasteiger partial charge in [-0.1, -0.05) is 11.3 Å². The number of aromatic nitrogens is 7. The predicted octanol–water partition coefficient (Wildman–Crippen LogP) is -2.37. The summed E-state index contributed by atoms with van der Waals surface area (Å²) in [6.45, 7) is -0.766. The molecule has 2 unspecified atom stereocenters. The van der Waals surface area contributed by atoms with Gasteiger partial charge < -0.3 is 45.8 Å². The van der Waals surface area contributed by atoms with Gasteiger partial charge in [-0.25, -0.2) is 24.1 Å². The number of aromatic amines is 1. The Bertz CT molecular complexity index is 1980. The number of nitrogens with zero attached hydrogens (tertiary/aromatic N) is 6. The normalized spacial score (nSPS) is 28.7. The maximum atomic E-state index is 13.0. The number of fused-ring (bicyclic) bond motifs is 2. The smallest absolute Gasteiger partial charge is 0.390 e. The number of hydrogen-bond donors (Lipinski definition) is 8. The average Bonchev–Trinajstić information content (AvgIpc) is 3.67. The monoisotopic (exact) mass is 695 g/mol. The van der Waals surface area contributed by atoms with Crippen LogP contribution in [0.1, 0.15) is 18.9 Å². The Labute approximate surface area is 251 Å². The number of thiazole rings is 1. The van der Waals surface area contributed by atoms with E-state index in [0.29, 0.717) is 4.70 Å². The highest BCUT2D eigenvalue weighted by Crippen LogP contribution is 2.51. The molecule has 0 bridgehead atoms. The molecule has 0 saturated carbocycles. The molecule has 8 atom stereocenters. The molecule has 4 aromatic heterocycles. The summed E-state index contributed by atoms with van der Waals surface area (Å²) in [7, 11) is -10.5. The second-order valence-electron chi connectivity index (χ2n) is 9.67. The van der Waals surface area contributed by atoms with Crippen LogP contribution in [-0.4, -0.2) is 96.3 Å². The van der Waals surface area contributed by atoms with E-state index in [1.54, 1.807) is 0 Å². The molecule has 0 amide bonds. The number of phosphoric ester groups is 2. The molecule has 6 heterocycles. The molecule has 26 heteroatoms. The maximum Gasteiger partial charge on any atom is 0.472 e. The molecule has 2 saturated heterocycles. The Morgan fingerprint density at radius 2 is 1.84 bits per heavy atom. The molecule has 45 heavy (non-hydrogen) atoms. The van der Waals surface area contributed by atoms with Crippen LogP contribution in [0.15, 0.2) is 22.2 Å². The van der Waals surface area contributed by atoms with Crippen LogP contribution in [0.25, 0.3) is 21.5 Å². The third-order valence-corrected chi connectivity index (χ3v) is 9.15. The van der Waals surface area contributed by atoms with Crippen LogP contribution < -0.4 is 21.9 Å². The molecule has 244 valence electrons. The lowest BCUT2D eigenvalue weighted by Gasteiger charge is -2.24. The van der Waals surface area contributed by atoms with Crippen molar-refractivity contribution in [2.75, 3.05) is 18.1 Å². The number of aliphatic hydroxyl groups excluding tert-OH is 2. The third kappa shape index (κ3) is 6.16. The van der Waals surface area contributed by atoms with Crippen molar-refractivity contribution in [3.63, 3.8) is 0 Å². The predicted molar refractivity (Wildman–Crippen MR) is 147 cm³/mol. The number of imidazole rings is 1. The van der Waals surface area contributed by atoms with Crippen LogP contribution in [0.3, 0.4) is 0 Å². The number of phosphoric acid groups is 2. The number of rotatable bonds is 9. The molecular formula is C19H23N9O14P2S. The molecule has 0 aromatic carbocycles. The van der Waals surface area contributed by atoms with Crippen molar-refractivity contribution < 1.29 is 57.1 Å². The third-order valence-electron chi connectivity index (χ3n) is 6.71. The van der Waals surface area contributed by atoms with Crippen molar-refractivity contribution in [2.45, 2.75) is 49.6 Å². The maximum absolute atomic E-state index is 13.0. The largest absolute Gasteiger partial charge is 0.472 e. The summed E-state index contributed by atoms with van der Waals surface area (Å²) < 4.78 is 52.6. The zero-order valence-corrected chi connectivity index (χ0v) is 24.8. The fourth-order valence-corrected chi connectivity index (χ4v) is 7.06. The van der Waals surface area contributed by atoms with Crippen LogP contribution in [-0.2, 0) is 32.2 Å². The van der Waals surface area contributed by atoms with Gasteiger partial charge >= 0.3 is 20.5 Å². The summed E-state index contributed by atoms with van der Waals surface area (Å²) in [4.78, 5) is 71.2. The minimum absolute atomic E-state index is 0.0669. The lowest BCUT2D eigenvalue weighted by Crippen LogP contribution is -2.35. The van der Waals surface area contributed by atoms with Gasteiger partial charge in [0.2, 0.25) is 5.95 Å². The van der Waals surface area contributed by atoms with Gasteiger partial charge in [0.15, 0.2) is 29.3 Å². The van der Waals surface area contributed by atoms with E-state index >= 15 is 0 Å². The van der Waals surface area contributed by atoms with Crippen molar-refractivity contribution in [1.29, 1.82) is 0 Å². The zero-order chi connectivity index (χ0) is 32.4. The van der Waals surface area contributed by atoms with Gasteiger partial charge in [0, 0.05) is 6.42 Å². The van der Waals surface area contributed by atoms with Gasteiger partial charge in [-0.3, -0.25) is 37.3 Å². The van der Waals surface area contributed by atoms with Gasteiger partial charge in [0.25, 0.3) is 5.56 Å². The van der Waals surface area contributed by atoms with Crippen molar-refractivity contribution in [3.05, 3.63) is 32.7 Å². The minimum Gasteiger partial charge on any atom is -0.390 e. The van der Waals surface area contributed by atoms with E-state index in [-0.39, 0.29) is 35.0 Å². The summed E-state index contributed by atoms with van der Waals surface area (Å²) in [6.07, 6.45) is -9.57. The average molecular weight is 695 g/mol. The van der Waals surface area contributed by atoms with Crippen molar-refractivity contribution in [1.82, 2.24) is 34.1 Å². The second kappa shape index (κ2) is 11.5. The summed E-state index contributed by atoms with van der Waals surface area (Å²) in [5.74, 6) is -0.288. The van der Waals surface area contributed by atoms with E-state index in [9.17, 15) is 43.6 Å². The van der Waals surface area contributed by atoms with E-state index in [1.165, 1.54) is 0 Å². The van der Waals surface area contributed by atoms with Crippen molar-refractivity contribution in [3.8, 4) is 0 Å². The number of nitrogens with one attached hydrogen (secondary N) is 1. The highest BCUT2D eigenvalue weighted by atomic mass is 32.1. The Balaban J connectivity index is 1.21. The fraction of sp³-hybridized carbons (Fsp3) is 0.474. The van der Waals surface area contributed by atoms with Crippen LogP contribution in [0.5, 0.6) is 0 Å². The number of ether oxygens (including phenoxy) is 2. The molecule has 0 radical (unpaired) electrons. The molecule has 0 aliphatic carbocycles. The molecule has 2 aliphatic heterocycles. The van der Waals surface area contributed by atoms with Crippen LogP contribution >= 0.6 is 27.0 Å². The summed E-state index contributed by atoms with van der Waals surface area (Å²) in [5, 5.41) is 21.3. The zero-order valence-electron chi connectivity index (χ0n) is 22.2. The van der Waals surface area contributed by atoms with Crippen LogP contribution in [0, 0.1) is 0 Å². The first-order chi connectivity index (χ1) is 21.1. The number of anilines is 2. The topological polar surface area (TPSA) is 345 Å². The molecule has 0 spiro atoms. The summed E-state index contributed by atoms with van der Waals surface area (Å²) in [5.41, 5.74) is 10.3. The number of aliphatic hydroxyl groups is 2. The van der Waals surface area contributed by atoms with Gasteiger partial charge in [-0.15, -0.1) is 0 Å². The minimum atomic E-state index is -5.28. The Hall–Kier alpha value is -3.22. The first-order valence-corrected chi connectivity index (χ1v) is 16.4. The van der Waals surface area contributed by atoms with Crippen LogP contribution in [0.2, 0.25) is 0 Å². The second-order valence-corrected chi connectivity index (χ2v) is 13.2. The molecular weight excluding hydrogens is 672 g/mol. The van der Waals surface area contributed by atoms with Gasteiger partial charge in [-0.05, 0) is 0 Å². The lowest BCUT2D eigenvalue weighted by atomic mass is 10.2. The highest BCUT2D eigenvalue weighted by Gasteiger charge is 2.52. The Kier molecular flexibility index (Phi) is 8.14. The molecule has 4 aromatic rings.